The highest BCUT2D eigenvalue weighted by molar-refractivity contribution is 5.83. The minimum Gasteiger partial charge on any atom is -0.481 e. The summed E-state index contributed by atoms with van der Waals surface area (Å²) in [6, 6.07) is -1.14. The van der Waals surface area contributed by atoms with Gasteiger partial charge in [-0.15, -0.1) is 0 Å². The SMILES string of the molecule is C=N/C=C(\CC(=O)NCN)NC(CNC)[C@@H](O)CC.C[C@@H](NC(=O)CCCC(=O)O)C(=O)O. The van der Waals surface area contributed by atoms with Crippen molar-refractivity contribution in [2.75, 3.05) is 20.3 Å². The van der Waals surface area contributed by atoms with Crippen molar-refractivity contribution in [3.05, 3.63) is 11.9 Å². The number of nitrogens with zero attached hydrogens (tertiary/aromatic N) is 1. The standard InChI is InChI=1S/C12H25N5O2.C8H13NO5/c1-4-11(18)10(7-15-3)17-9(6-14-2)5-12(19)16-8-13;1-5(8(13)14)9-6(10)3-2-4-7(11)12/h6,10-11,15,17-18H,2,4-5,7-8,13H2,1,3H3,(H,16,19);5H,2-4H2,1H3,(H,9,10)(H,11,12)(H,13,14)/b9-6+;/t10?,11-;5-/m01/s1. The van der Waals surface area contributed by atoms with Crippen molar-refractivity contribution in [2.24, 2.45) is 10.7 Å². The van der Waals surface area contributed by atoms with Gasteiger partial charge in [0, 0.05) is 31.3 Å². The molecular weight excluding hydrogens is 436 g/mol. The molecule has 1 unspecified atom stereocenters. The Morgan fingerprint density at radius 3 is 2.21 bits per heavy atom. The van der Waals surface area contributed by atoms with Gasteiger partial charge in [-0.2, -0.15) is 0 Å². The van der Waals surface area contributed by atoms with Gasteiger partial charge in [-0.25, -0.2) is 0 Å². The van der Waals surface area contributed by atoms with E-state index in [1.54, 1.807) is 7.05 Å². The molecular formula is C20H38N6O7. The molecule has 0 aliphatic carbocycles. The summed E-state index contributed by atoms with van der Waals surface area (Å²) in [5.74, 6) is -2.74. The monoisotopic (exact) mass is 474 g/mol. The number of aliphatic hydroxyl groups is 1. The highest BCUT2D eigenvalue weighted by Gasteiger charge is 2.18. The molecule has 3 atom stereocenters. The number of carbonyl (C=O) groups excluding carboxylic acids is 2. The third-order valence-corrected chi connectivity index (χ3v) is 4.12. The number of carboxylic acid groups (broad SMARTS) is 2. The lowest BCUT2D eigenvalue weighted by Gasteiger charge is -2.25. The van der Waals surface area contributed by atoms with Crippen LogP contribution in [0.5, 0.6) is 0 Å². The molecule has 0 spiro atoms. The van der Waals surface area contributed by atoms with Gasteiger partial charge in [0.25, 0.3) is 0 Å². The summed E-state index contributed by atoms with van der Waals surface area (Å²) >= 11 is 0. The fourth-order valence-electron chi connectivity index (χ4n) is 2.39. The molecule has 0 radical (unpaired) electrons. The second-order valence-electron chi connectivity index (χ2n) is 6.98. The van der Waals surface area contributed by atoms with Crippen LogP contribution in [0.3, 0.4) is 0 Å². The van der Waals surface area contributed by atoms with E-state index in [1.807, 2.05) is 6.92 Å². The van der Waals surface area contributed by atoms with E-state index in [-0.39, 0.29) is 44.3 Å². The van der Waals surface area contributed by atoms with E-state index in [0.717, 1.165) is 0 Å². The van der Waals surface area contributed by atoms with Gasteiger partial charge < -0.3 is 42.3 Å². The van der Waals surface area contributed by atoms with Crippen LogP contribution in [0, 0.1) is 0 Å². The van der Waals surface area contributed by atoms with Crippen molar-refractivity contribution in [1.29, 1.82) is 0 Å². The number of hydrogen-bond acceptors (Lipinski definition) is 9. The van der Waals surface area contributed by atoms with E-state index in [1.165, 1.54) is 13.1 Å². The van der Waals surface area contributed by atoms with Crippen molar-refractivity contribution < 1.29 is 34.5 Å². The molecule has 190 valence electrons. The third-order valence-electron chi connectivity index (χ3n) is 4.12. The summed E-state index contributed by atoms with van der Waals surface area (Å²) in [5, 5.41) is 37.4. The summed E-state index contributed by atoms with van der Waals surface area (Å²) in [7, 11) is 1.80. The number of aliphatic imine (C=N–C) groups is 1. The summed E-state index contributed by atoms with van der Waals surface area (Å²) in [6.07, 6.45) is 1.85. The Balaban J connectivity index is 0. The van der Waals surface area contributed by atoms with Gasteiger partial charge in [-0.1, -0.05) is 6.92 Å². The number of rotatable bonds is 16. The lowest BCUT2D eigenvalue weighted by atomic mass is 10.1. The fraction of sp³-hybridized carbons (Fsp3) is 0.650. The first-order valence-electron chi connectivity index (χ1n) is 10.5. The average molecular weight is 475 g/mol. The predicted octanol–water partition coefficient (Wildman–Crippen LogP) is -1.27. The Morgan fingerprint density at radius 2 is 1.76 bits per heavy atom. The first kappa shape index (κ1) is 32.2. The number of carbonyl (C=O) groups is 4. The maximum atomic E-state index is 11.5. The molecule has 13 heteroatoms. The van der Waals surface area contributed by atoms with Crippen LogP contribution in [0.1, 0.15) is 46.0 Å². The van der Waals surface area contributed by atoms with Gasteiger partial charge in [0.1, 0.15) is 6.04 Å². The molecule has 0 rings (SSSR count). The molecule has 0 saturated heterocycles. The quantitative estimate of drug-likeness (QED) is 0.0980. The third kappa shape index (κ3) is 18.3. The lowest BCUT2D eigenvalue weighted by Crippen LogP contribution is -2.46. The molecule has 13 nitrogen and oxygen atoms in total. The second-order valence-corrected chi connectivity index (χ2v) is 6.98. The average Bonchev–Trinajstić information content (AvgIpc) is 2.73. The van der Waals surface area contributed by atoms with Crippen molar-refractivity contribution in [2.45, 2.75) is 64.1 Å². The Hall–Kier alpha value is -3.03. The largest absolute Gasteiger partial charge is 0.481 e. The Morgan fingerprint density at radius 1 is 1.12 bits per heavy atom. The number of amides is 2. The molecule has 0 aliphatic heterocycles. The fourth-order valence-corrected chi connectivity index (χ4v) is 2.39. The minimum absolute atomic E-state index is 0.0317. The molecule has 9 N–H and O–H groups in total. The van der Waals surface area contributed by atoms with E-state index in [4.69, 9.17) is 15.9 Å². The van der Waals surface area contributed by atoms with Gasteiger partial charge in [-0.05, 0) is 33.5 Å². The molecule has 0 heterocycles. The second kappa shape index (κ2) is 19.6. The number of aliphatic hydroxyl groups excluding tert-OH is 1. The molecule has 0 aromatic carbocycles. The topological polar surface area (TPSA) is 215 Å². The number of likely N-dealkylation sites (N-methyl/N-ethyl adjacent to an activating group) is 1. The van der Waals surface area contributed by atoms with Gasteiger partial charge in [-0.3, -0.25) is 24.2 Å². The molecule has 0 aromatic rings. The van der Waals surface area contributed by atoms with E-state index in [9.17, 15) is 24.3 Å². The number of nitrogens with two attached hydrogens (primary N) is 1. The first-order chi connectivity index (χ1) is 15.5. The van der Waals surface area contributed by atoms with Crippen LogP contribution >= 0.6 is 0 Å². The Bertz CT molecular complexity index is 657. The Labute approximate surface area is 193 Å². The molecule has 0 bridgehead atoms. The van der Waals surface area contributed by atoms with Crippen LogP contribution in [-0.2, 0) is 19.2 Å². The normalized spacial score (nSPS) is 13.4. The zero-order chi connectivity index (χ0) is 25.8. The molecule has 33 heavy (non-hydrogen) atoms. The molecule has 0 fully saturated rings. The summed E-state index contributed by atoms with van der Waals surface area (Å²) in [5.41, 5.74) is 5.83. The van der Waals surface area contributed by atoms with Crippen LogP contribution in [-0.4, -0.2) is 84.2 Å². The number of aliphatic carboxylic acids is 2. The van der Waals surface area contributed by atoms with E-state index in [0.29, 0.717) is 18.7 Å². The maximum absolute atomic E-state index is 11.5. The summed E-state index contributed by atoms with van der Waals surface area (Å²) in [6.45, 7) is 7.27. The molecule has 2 amide bonds. The zero-order valence-electron chi connectivity index (χ0n) is 19.5. The Kier molecular flexibility index (Phi) is 19.1. The highest BCUT2D eigenvalue weighted by atomic mass is 16.4. The smallest absolute Gasteiger partial charge is 0.325 e. The van der Waals surface area contributed by atoms with E-state index >= 15 is 0 Å². The predicted molar refractivity (Wildman–Crippen MR) is 123 cm³/mol. The van der Waals surface area contributed by atoms with Crippen molar-refractivity contribution in [3.63, 3.8) is 0 Å². The highest BCUT2D eigenvalue weighted by Crippen LogP contribution is 2.05. The van der Waals surface area contributed by atoms with Crippen molar-refractivity contribution in [1.82, 2.24) is 21.3 Å². The maximum Gasteiger partial charge on any atom is 0.325 e. The van der Waals surface area contributed by atoms with Crippen molar-refractivity contribution >= 4 is 30.5 Å². The minimum atomic E-state index is -1.11. The van der Waals surface area contributed by atoms with Gasteiger partial charge in [0.05, 0.1) is 25.2 Å². The number of hydrogen-bond donors (Lipinski definition) is 8. The number of carboxylic acids is 2. The first-order valence-corrected chi connectivity index (χ1v) is 10.5. The molecule has 0 saturated carbocycles. The van der Waals surface area contributed by atoms with Crippen LogP contribution < -0.4 is 27.0 Å². The lowest BCUT2D eigenvalue weighted by molar-refractivity contribution is -0.141. The van der Waals surface area contributed by atoms with Gasteiger partial charge in [0.2, 0.25) is 11.8 Å². The van der Waals surface area contributed by atoms with Gasteiger partial charge in [0.15, 0.2) is 0 Å². The van der Waals surface area contributed by atoms with Crippen LogP contribution in [0.2, 0.25) is 0 Å². The van der Waals surface area contributed by atoms with E-state index < -0.39 is 30.0 Å². The van der Waals surface area contributed by atoms with E-state index in [2.05, 4.69) is 33.0 Å². The zero-order valence-corrected chi connectivity index (χ0v) is 19.5. The molecule has 0 aliphatic rings. The van der Waals surface area contributed by atoms with Crippen LogP contribution in [0.4, 0.5) is 0 Å². The van der Waals surface area contributed by atoms with Crippen LogP contribution in [0.15, 0.2) is 16.9 Å². The molecule has 0 aromatic heterocycles. The van der Waals surface area contributed by atoms with Crippen molar-refractivity contribution in [3.8, 4) is 0 Å². The van der Waals surface area contributed by atoms with Crippen LogP contribution in [0.25, 0.3) is 0 Å². The van der Waals surface area contributed by atoms with Gasteiger partial charge >= 0.3 is 11.9 Å². The summed E-state index contributed by atoms with van der Waals surface area (Å²) in [4.78, 5) is 46.5. The summed E-state index contributed by atoms with van der Waals surface area (Å²) < 4.78 is 0. The number of nitrogens with one attached hydrogen (secondary N) is 4.